The van der Waals surface area contributed by atoms with Crippen LogP contribution in [0.15, 0.2) is 42.5 Å². The molecule has 3 rings (SSSR count). The number of carbonyl (C=O) groups excluding carboxylic acids is 2. The summed E-state index contributed by atoms with van der Waals surface area (Å²) in [6.07, 6.45) is 1.89. The summed E-state index contributed by atoms with van der Waals surface area (Å²) in [6.45, 7) is 8.22. The van der Waals surface area contributed by atoms with Gasteiger partial charge >= 0.3 is 5.97 Å². The van der Waals surface area contributed by atoms with E-state index in [1.165, 1.54) is 29.2 Å². The van der Waals surface area contributed by atoms with Crippen molar-refractivity contribution in [1.82, 2.24) is 4.90 Å². The monoisotopic (exact) mass is 379 g/mol. The van der Waals surface area contributed by atoms with E-state index in [0.29, 0.717) is 5.75 Å². The molecule has 0 spiro atoms. The quantitative estimate of drug-likeness (QED) is 0.561. The maximum atomic E-state index is 11.5. The lowest BCUT2D eigenvalue weighted by molar-refractivity contribution is -0.132. The van der Waals surface area contributed by atoms with Gasteiger partial charge < -0.3 is 9.64 Å². The van der Waals surface area contributed by atoms with Crippen LogP contribution in [-0.4, -0.2) is 30.4 Å². The zero-order valence-electron chi connectivity index (χ0n) is 17.4. The van der Waals surface area contributed by atoms with Crippen molar-refractivity contribution >= 4 is 11.9 Å². The molecule has 1 aliphatic rings. The molecule has 0 radical (unpaired) electrons. The van der Waals surface area contributed by atoms with Crippen LogP contribution in [0.25, 0.3) is 0 Å². The number of benzene rings is 2. The van der Waals surface area contributed by atoms with Crippen LogP contribution < -0.4 is 4.74 Å². The third-order valence-corrected chi connectivity index (χ3v) is 5.87. The van der Waals surface area contributed by atoms with E-state index in [1.54, 1.807) is 11.8 Å². The van der Waals surface area contributed by atoms with Crippen LogP contribution in [0, 0.1) is 0 Å². The number of nitrogens with zero attached hydrogens (tertiary/aromatic N) is 1. The Bertz CT molecular complexity index is 900. The zero-order valence-corrected chi connectivity index (χ0v) is 17.4. The van der Waals surface area contributed by atoms with Crippen molar-refractivity contribution in [2.45, 2.75) is 51.9 Å². The fourth-order valence-corrected chi connectivity index (χ4v) is 4.29. The van der Waals surface area contributed by atoms with E-state index in [4.69, 9.17) is 4.74 Å². The summed E-state index contributed by atoms with van der Waals surface area (Å²) >= 11 is 0. The molecule has 1 aliphatic carbocycles. The molecule has 0 bridgehead atoms. The molecule has 0 fully saturated rings. The highest BCUT2D eigenvalue weighted by molar-refractivity contribution is 5.72. The standard InChI is InChI=1S/C24H29NO3/c1-16(26)25(5)14-8-10-19-20-9-6-7-11-22(20)24(3,4)23-15-18(28-17(2)27)12-13-21(19)23/h6-7,9,11-13,15,19H,8,10,14H2,1-5H3. The summed E-state index contributed by atoms with van der Waals surface area (Å²) < 4.78 is 5.35. The number of amides is 1. The zero-order chi connectivity index (χ0) is 20.5. The van der Waals surface area contributed by atoms with Crippen LogP contribution in [0.4, 0.5) is 0 Å². The molecule has 0 aromatic heterocycles. The summed E-state index contributed by atoms with van der Waals surface area (Å²) in [5.41, 5.74) is 4.98. The Hall–Kier alpha value is -2.62. The van der Waals surface area contributed by atoms with Gasteiger partial charge in [0, 0.05) is 38.8 Å². The average molecular weight is 380 g/mol. The summed E-state index contributed by atoms with van der Waals surface area (Å²) in [4.78, 5) is 24.7. The topological polar surface area (TPSA) is 46.6 Å². The van der Waals surface area contributed by atoms with E-state index in [1.807, 2.05) is 19.2 Å². The molecule has 4 nitrogen and oxygen atoms in total. The minimum Gasteiger partial charge on any atom is -0.427 e. The van der Waals surface area contributed by atoms with Gasteiger partial charge in [-0.05, 0) is 47.2 Å². The fraction of sp³-hybridized carbons (Fsp3) is 0.417. The fourth-order valence-electron chi connectivity index (χ4n) is 4.29. The van der Waals surface area contributed by atoms with Gasteiger partial charge in [0.1, 0.15) is 5.75 Å². The van der Waals surface area contributed by atoms with Gasteiger partial charge in [0.05, 0.1) is 0 Å². The largest absolute Gasteiger partial charge is 0.427 e. The number of hydrogen-bond donors (Lipinski definition) is 0. The second-order valence-corrected chi connectivity index (χ2v) is 8.19. The molecular weight excluding hydrogens is 350 g/mol. The average Bonchev–Trinajstić information content (AvgIpc) is 2.64. The summed E-state index contributed by atoms with van der Waals surface area (Å²) in [5.74, 6) is 0.647. The predicted octanol–water partition coefficient (Wildman–Crippen LogP) is 4.64. The van der Waals surface area contributed by atoms with Crippen LogP contribution in [0.5, 0.6) is 5.75 Å². The Balaban J connectivity index is 1.99. The SMILES string of the molecule is CC(=O)Oc1ccc2c(c1)C(C)(C)c1ccccc1C2CCCN(C)C(C)=O. The van der Waals surface area contributed by atoms with Gasteiger partial charge in [0.25, 0.3) is 0 Å². The van der Waals surface area contributed by atoms with Crippen LogP contribution in [0.1, 0.15) is 68.7 Å². The van der Waals surface area contributed by atoms with Crippen molar-refractivity contribution in [2.24, 2.45) is 0 Å². The van der Waals surface area contributed by atoms with Crippen molar-refractivity contribution < 1.29 is 14.3 Å². The lowest BCUT2D eigenvalue weighted by Crippen LogP contribution is -2.30. The van der Waals surface area contributed by atoms with Crippen molar-refractivity contribution in [3.63, 3.8) is 0 Å². The number of esters is 1. The first kappa shape index (κ1) is 20.1. The third-order valence-electron chi connectivity index (χ3n) is 5.87. The van der Waals surface area contributed by atoms with E-state index < -0.39 is 0 Å². The number of rotatable bonds is 5. The van der Waals surface area contributed by atoms with E-state index >= 15 is 0 Å². The predicted molar refractivity (Wildman–Crippen MR) is 111 cm³/mol. The van der Waals surface area contributed by atoms with Crippen molar-refractivity contribution in [3.8, 4) is 5.75 Å². The molecule has 148 valence electrons. The Morgan fingerprint density at radius 2 is 1.71 bits per heavy atom. The van der Waals surface area contributed by atoms with Gasteiger partial charge in [-0.2, -0.15) is 0 Å². The number of carbonyl (C=O) groups is 2. The molecule has 0 saturated carbocycles. The van der Waals surface area contributed by atoms with Crippen LogP contribution in [0.2, 0.25) is 0 Å². The smallest absolute Gasteiger partial charge is 0.308 e. The van der Waals surface area contributed by atoms with Gasteiger partial charge in [-0.25, -0.2) is 0 Å². The molecular formula is C24H29NO3. The van der Waals surface area contributed by atoms with Crippen LogP contribution in [-0.2, 0) is 15.0 Å². The summed E-state index contributed by atoms with van der Waals surface area (Å²) in [6, 6.07) is 14.6. The molecule has 2 aromatic rings. The van der Waals surface area contributed by atoms with Crippen molar-refractivity contribution in [1.29, 1.82) is 0 Å². The molecule has 1 atom stereocenters. The van der Waals surface area contributed by atoms with Crippen molar-refractivity contribution in [3.05, 3.63) is 64.7 Å². The second kappa shape index (κ2) is 7.78. The molecule has 4 heteroatoms. The van der Waals surface area contributed by atoms with Crippen LogP contribution in [0.3, 0.4) is 0 Å². The van der Waals surface area contributed by atoms with Gasteiger partial charge in [0.2, 0.25) is 5.91 Å². The van der Waals surface area contributed by atoms with E-state index in [0.717, 1.165) is 19.4 Å². The molecule has 2 aromatic carbocycles. The minimum absolute atomic E-state index is 0.0941. The summed E-state index contributed by atoms with van der Waals surface area (Å²) in [7, 11) is 1.85. The van der Waals surface area contributed by atoms with Gasteiger partial charge in [-0.1, -0.05) is 44.2 Å². The molecule has 0 saturated heterocycles. The highest BCUT2D eigenvalue weighted by Gasteiger charge is 2.37. The first-order valence-corrected chi connectivity index (χ1v) is 9.85. The lowest BCUT2D eigenvalue weighted by atomic mass is 9.64. The van der Waals surface area contributed by atoms with Gasteiger partial charge in [-0.3, -0.25) is 9.59 Å². The van der Waals surface area contributed by atoms with E-state index in [9.17, 15) is 9.59 Å². The highest BCUT2D eigenvalue weighted by atomic mass is 16.5. The number of fused-ring (bicyclic) bond motifs is 2. The first-order valence-electron chi connectivity index (χ1n) is 9.85. The lowest BCUT2D eigenvalue weighted by Gasteiger charge is -2.40. The maximum absolute atomic E-state index is 11.5. The Morgan fingerprint density at radius 1 is 1.04 bits per heavy atom. The summed E-state index contributed by atoms with van der Waals surface area (Å²) in [5, 5.41) is 0. The van der Waals surface area contributed by atoms with Gasteiger partial charge in [0.15, 0.2) is 0 Å². The van der Waals surface area contributed by atoms with Crippen molar-refractivity contribution in [2.75, 3.05) is 13.6 Å². The normalized spacial score (nSPS) is 16.7. The Morgan fingerprint density at radius 3 is 2.39 bits per heavy atom. The second-order valence-electron chi connectivity index (χ2n) is 8.19. The maximum Gasteiger partial charge on any atom is 0.308 e. The van der Waals surface area contributed by atoms with E-state index in [-0.39, 0.29) is 23.2 Å². The van der Waals surface area contributed by atoms with Gasteiger partial charge in [-0.15, -0.1) is 0 Å². The highest BCUT2D eigenvalue weighted by Crippen LogP contribution is 2.49. The molecule has 1 unspecified atom stereocenters. The van der Waals surface area contributed by atoms with E-state index in [2.05, 4.69) is 44.2 Å². The first-order chi connectivity index (χ1) is 13.2. The molecule has 28 heavy (non-hydrogen) atoms. The number of hydrogen-bond acceptors (Lipinski definition) is 3. The third kappa shape index (κ3) is 3.82. The Kier molecular flexibility index (Phi) is 5.59. The molecule has 0 aliphatic heterocycles. The minimum atomic E-state index is -0.308. The Labute approximate surface area is 167 Å². The number of ether oxygens (including phenoxy) is 1. The molecule has 1 amide bonds. The molecule has 0 heterocycles. The van der Waals surface area contributed by atoms with Crippen LogP contribution >= 0.6 is 0 Å². The molecule has 0 N–H and O–H groups in total.